The molecule has 2 aromatic rings. The van der Waals surface area contributed by atoms with E-state index in [0.29, 0.717) is 6.54 Å². The molecule has 21 heavy (non-hydrogen) atoms. The molecule has 0 amide bonds. The summed E-state index contributed by atoms with van der Waals surface area (Å²) >= 11 is 0. The Morgan fingerprint density at radius 3 is 2.90 bits per heavy atom. The van der Waals surface area contributed by atoms with Crippen molar-refractivity contribution in [3.63, 3.8) is 0 Å². The van der Waals surface area contributed by atoms with Gasteiger partial charge in [-0.3, -0.25) is 9.88 Å². The van der Waals surface area contributed by atoms with E-state index in [0.717, 1.165) is 37.5 Å². The van der Waals surface area contributed by atoms with E-state index in [2.05, 4.69) is 40.2 Å². The second-order valence-electron chi connectivity index (χ2n) is 5.44. The highest BCUT2D eigenvalue weighted by Crippen LogP contribution is 2.20. The van der Waals surface area contributed by atoms with Crippen LogP contribution in [0.15, 0.2) is 48.7 Å². The molecule has 4 nitrogen and oxygen atoms in total. The molecule has 1 aliphatic heterocycles. The van der Waals surface area contributed by atoms with Crippen LogP contribution >= 0.6 is 0 Å². The Hall–Kier alpha value is -1.91. The van der Waals surface area contributed by atoms with E-state index in [4.69, 9.17) is 10.5 Å². The SMILES string of the molecule is NCc1cc(OC2CCN(Cc3ccccc3)C2)ccn1. The summed E-state index contributed by atoms with van der Waals surface area (Å²) in [5.41, 5.74) is 7.83. The van der Waals surface area contributed by atoms with Gasteiger partial charge in [0.15, 0.2) is 0 Å². The Labute approximate surface area is 125 Å². The molecule has 0 radical (unpaired) electrons. The van der Waals surface area contributed by atoms with Gasteiger partial charge in [-0.1, -0.05) is 30.3 Å². The van der Waals surface area contributed by atoms with Crippen LogP contribution in [0.1, 0.15) is 17.7 Å². The van der Waals surface area contributed by atoms with E-state index in [1.54, 1.807) is 6.20 Å². The second-order valence-corrected chi connectivity index (χ2v) is 5.44. The quantitative estimate of drug-likeness (QED) is 0.914. The van der Waals surface area contributed by atoms with Crippen LogP contribution in [0.4, 0.5) is 0 Å². The summed E-state index contributed by atoms with van der Waals surface area (Å²) in [6.45, 7) is 3.48. The smallest absolute Gasteiger partial charge is 0.123 e. The van der Waals surface area contributed by atoms with Crippen molar-refractivity contribution in [1.82, 2.24) is 9.88 Å². The molecule has 1 atom stereocenters. The first-order chi connectivity index (χ1) is 10.3. The zero-order valence-electron chi connectivity index (χ0n) is 12.1. The fraction of sp³-hybridized carbons (Fsp3) is 0.353. The van der Waals surface area contributed by atoms with Gasteiger partial charge in [0.25, 0.3) is 0 Å². The first-order valence-electron chi connectivity index (χ1n) is 7.41. The highest BCUT2D eigenvalue weighted by Gasteiger charge is 2.23. The van der Waals surface area contributed by atoms with Gasteiger partial charge in [-0.15, -0.1) is 0 Å². The van der Waals surface area contributed by atoms with Crippen LogP contribution in [-0.4, -0.2) is 29.1 Å². The van der Waals surface area contributed by atoms with Crippen LogP contribution in [0, 0.1) is 0 Å². The first kappa shape index (κ1) is 14.0. The van der Waals surface area contributed by atoms with Gasteiger partial charge < -0.3 is 10.5 Å². The summed E-state index contributed by atoms with van der Waals surface area (Å²) in [6.07, 6.45) is 3.07. The van der Waals surface area contributed by atoms with Crippen molar-refractivity contribution in [2.45, 2.75) is 25.6 Å². The van der Waals surface area contributed by atoms with Gasteiger partial charge in [0, 0.05) is 38.4 Å². The average molecular weight is 283 g/mol. The van der Waals surface area contributed by atoms with Crippen molar-refractivity contribution in [1.29, 1.82) is 0 Å². The van der Waals surface area contributed by atoms with Gasteiger partial charge in [0.05, 0.1) is 5.69 Å². The number of benzene rings is 1. The van der Waals surface area contributed by atoms with Crippen molar-refractivity contribution in [3.05, 3.63) is 59.9 Å². The summed E-state index contributed by atoms with van der Waals surface area (Å²) < 4.78 is 6.05. The number of hydrogen-bond acceptors (Lipinski definition) is 4. The average Bonchev–Trinajstić information content (AvgIpc) is 2.95. The maximum atomic E-state index is 6.05. The second kappa shape index (κ2) is 6.70. The molecule has 3 rings (SSSR count). The zero-order chi connectivity index (χ0) is 14.5. The fourth-order valence-electron chi connectivity index (χ4n) is 2.71. The summed E-state index contributed by atoms with van der Waals surface area (Å²) in [4.78, 5) is 6.62. The zero-order valence-corrected chi connectivity index (χ0v) is 12.1. The third-order valence-electron chi connectivity index (χ3n) is 3.78. The van der Waals surface area contributed by atoms with E-state index in [1.807, 2.05) is 12.1 Å². The molecule has 0 bridgehead atoms. The van der Waals surface area contributed by atoms with Gasteiger partial charge in [-0.2, -0.15) is 0 Å². The number of likely N-dealkylation sites (tertiary alicyclic amines) is 1. The van der Waals surface area contributed by atoms with Gasteiger partial charge in [0.2, 0.25) is 0 Å². The molecule has 2 N–H and O–H groups in total. The largest absolute Gasteiger partial charge is 0.489 e. The van der Waals surface area contributed by atoms with Gasteiger partial charge in [0.1, 0.15) is 11.9 Å². The lowest BCUT2D eigenvalue weighted by atomic mass is 10.2. The molecule has 1 saturated heterocycles. The number of rotatable bonds is 5. The van der Waals surface area contributed by atoms with E-state index in [9.17, 15) is 0 Å². The van der Waals surface area contributed by atoms with Gasteiger partial charge >= 0.3 is 0 Å². The minimum Gasteiger partial charge on any atom is -0.489 e. The van der Waals surface area contributed by atoms with Crippen molar-refractivity contribution >= 4 is 0 Å². The van der Waals surface area contributed by atoms with E-state index >= 15 is 0 Å². The van der Waals surface area contributed by atoms with Crippen LogP contribution in [0.5, 0.6) is 5.75 Å². The molecular weight excluding hydrogens is 262 g/mol. The number of hydrogen-bond donors (Lipinski definition) is 1. The van der Waals surface area contributed by atoms with E-state index in [-0.39, 0.29) is 6.10 Å². The maximum absolute atomic E-state index is 6.05. The standard InChI is InChI=1S/C17H21N3O/c18-11-15-10-16(6-8-19-15)21-17-7-9-20(13-17)12-14-4-2-1-3-5-14/h1-6,8,10,17H,7,9,11-13,18H2. The Morgan fingerprint density at radius 1 is 1.24 bits per heavy atom. The Morgan fingerprint density at radius 2 is 2.10 bits per heavy atom. The monoisotopic (exact) mass is 283 g/mol. The highest BCUT2D eigenvalue weighted by molar-refractivity contribution is 5.23. The number of nitrogens with zero attached hydrogens (tertiary/aromatic N) is 2. The van der Waals surface area contributed by atoms with Crippen molar-refractivity contribution in [3.8, 4) is 5.75 Å². The molecule has 1 aromatic heterocycles. The maximum Gasteiger partial charge on any atom is 0.123 e. The predicted molar refractivity (Wildman–Crippen MR) is 82.9 cm³/mol. The molecule has 0 aliphatic carbocycles. The minimum absolute atomic E-state index is 0.252. The molecule has 0 saturated carbocycles. The number of nitrogens with two attached hydrogens (primary N) is 1. The van der Waals surface area contributed by atoms with Crippen molar-refractivity contribution in [2.24, 2.45) is 5.73 Å². The Kier molecular flexibility index (Phi) is 4.48. The molecule has 1 aliphatic rings. The summed E-state index contributed by atoms with van der Waals surface area (Å²) in [5, 5.41) is 0. The van der Waals surface area contributed by atoms with Crippen LogP contribution in [0.3, 0.4) is 0 Å². The predicted octanol–water partition coefficient (Wildman–Crippen LogP) is 2.19. The first-order valence-corrected chi connectivity index (χ1v) is 7.41. The summed E-state index contributed by atoms with van der Waals surface area (Å²) in [5.74, 6) is 0.872. The molecule has 2 heterocycles. The molecule has 110 valence electrons. The Balaban J connectivity index is 1.54. The van der Waals surface area contributed by atoms with Crippen molar-refractivity contribution in [2.75, 3.05) is 13.1 Å². The highest BCUT2D eigenvalue weighted by atomic mass is 16.5. The molecule has 1 unspecified atom stereocenters. The molecular formula is C17H21N3O. The van der Waals surface area contributed by atoms with Gasteiger partial charge in [-0.25, -0.2) is 0 Å². The minimum atomic E-state index is 0.252. The van der Waals surface area contributed by atoms with Crippen LogP contribution in [0.2, 0.25) is 0 Å². The number of pyridine rings is 1. The lowest BCUT2D eigenvalue weighted by Gasteiger charge is -2.17. The van der Waals surface area contributed by atoms with Crippen LogP contribution < -0.4 is 10.5 Å². The topological polar surface area (TPSA) is 51.4 Å². The molecule has 1 fully saturated rings. The number of aromatic nitrogens is 1. The van der Waals surface area contributed by atoms with E-state index in [1.165, 1.54) is 5.56 Å². The molecule has 0 spiro atoms. The van der Waals surface area contributed by atoms with Gasteiger partial charge in [-0.05, 0) is 18.1 Å². The lowest BCUT2D eigenvalue weighted by Crippen LogP contribution is -2.24. The molecule has 1 aromatic carbocycles. The van der Waals surface area contributed by atoms with Crippen LogP contribution in [0.25, 0.3) is 0 Å². The lowest BCUT2D eigenvalue weighted by molar-refractivity contribution is 0.198. The summed E-state index contributed by atoms with van der Waals surface area (Å²) in [6, 6.07) is 14.4. The third kappa shape index (κ3) is 3.80. The van der Waals surface area contributed by atoms with Crippen LogP contribution in [-0.2, 0) is 13.1 Å². The molecule has 4 heteroatoms. The Bertz CT molecular complexity index is 573. The van der Waals surface area contributed by atoms with Crippen molar-refractivity contribution < 1.29 is 4.74 Å². The number of ether oxygens (including phenoxy) is 1. The third-order valence-corrected chi connectivity index (χ3v) is 3.78. The normalized spacial score (nSPS) is 18.8. The summed E-state index contributed by atoms with van der Waals surface area (Å²) in [7, 11) is 0. The fourth-order valence-corrected chi connectivity index (χ4v) is 2.71. The van der Waals surface area contributed by atoms with E-state index < -0.39 is 0 Å².